The lowest BCUT2D eigenvalue weighted by Gasteiger charge is -2.23. The Morgan fingerprint density at radius 2 is 1.85 bits per heavy atom. The first-order chi connectivity index (χ1) is 19.7. The molecule has 41 heavy (non-hydrogen) atoms. The first-order valence-corrected chi connectivity index (χ1v) is 17.0. The summed E-state index contributed by atoms with van der Waals surface area (Å²) < 4.78 is 36.1. The van der Waals surface area contributed by atoms with Crippen molar-refractivity contribution >= 4 is 21.7 Å². The maximum Gasteiger partial charge on any atom is 0.233 e. The molecule has 2 fully saturated rings. The second-order valence-electron chi connectivity index (χ2n) is 11.7. The normalized spacial score (nSPS) is 18.4. The largest absolute Gasteiger partial charge is 0.497 e. The highest BCUT2D eigenvalue weighted by Crippen LogP contribution is 2.34. The highest BCUT2D eigenvalue weighted by atomic mass is 32.2. The van der Waals surface area contributed by atoms with E-state index in [1.165, 1.54) is 51.2 Å². The molecule has 1 aliphatic carbocycles. The van der Waals surface area contributed by atoms with E-state index in [-0.39, 0.29) is 18.2 Å². The predicted octanol–water partition coefficient (Wildman–Crippen LogP) is 5.74. The molecule has 0 bridgehead atoms. The number of ether oxygens (including phenoxy) is 1. The molecule has 2 heterocycles. The van der Waals surface area contributed by atoms with Crippen molar-refractivity contribution in [3.63, 3.8) is 0 Å². The number of carbonyl (C=O) groups excluding carboxylic acids is 2. The summed E-state index contributed by atoms with van der Waals surface area (Å²) in [6.07, 6.45) is 16.7. The highest BCUT2D eigenvalue weighted by Gasteiger charge is 2.31. The molecule has 1 atom stereocenters. The zero-order valence-electron chi connectivity index (χ0n) is 24.5. The molecule has 0 radical (unpaired) electrons. The number of likely N-dealkylation sites (tertiary alicyclic amines) is 1. The fourth-order valence-corrected chi connectivity index (χ4v) is 6.72. The van der Waals surface area contributed by atoms with Crippen LogP contribution in [-0.4, -0.2) is 49.9 Å². The third kappa shape index (κ3) is 9.67. The number of benzene rings is 1. The zero-order valence-corrected chi connectivity index (χ0v) is 25.3. The molecule has 0 unspecified atom stereocenters. The lowest BCUT2D eigenvalue weighted by molar-refractivity contribution is -0.119. The van der Waals surface area contributed by atoms with Crippen LogP contribution in [0.2, 0.25) is 0 Å². The van der Waals surface area contributed by atoms with Crippen LogP contribution in [0.3, 0.4) is 0 Å². The Bertz CT molecular complexity index is 1270. The summed E-state index contributed by atoms with van der Waals surface area (Å²) in [5.74, 6) is 1.68. The number of unbranched alkanes of at least 4 members (excludes halogenated alkanes) is 2. The molecule has 2 aliphatic rings. The van der Waals surface area contributed by atoms with Gasteiger partial charge < -0.3 is 9.15 Å². The van der Waals surface area contributed by atoms with Gasteiger partial charge in [-0.3, -0.25) is 19.2 Å². The topological polar surface area (TPSA) is 119 Å². The summed E-state index contributed by atoms with van der Waals surface area (Å²) in [6.45, 7) is 1.44. The number of aryl methyl sites for hydroxylation is 1. The Morgan fingerprint density at radius 1 is 1.05 bits per heavy atom. The standard InChI is InChI=1S/C31H45N3O6S/c1-39-26-17-15-24(16-18-30(36)33-41(2,37)38)25(20-26)21-34-19-9-13-28(34)31-32-27(22-40-31)29(35)14-8-4-7-12-23-10-5-3-6-11-23/h15,17,20,22-23,28H,3-14,16,18-19,21H2,1-2H3,(H,33,36)/t28-/m0/s1. The summed E-state index contributed by atoms with van der Waals surface area (Å²) >= 11 is 0. The van der Waals surface area contributed by atoms with Crippen LogP contribution in [0.1, 0.15) is 117 Å². The second-order valence-corrected chi connectivity index (χ2v) is 13.4. The zero-order chi connectivity index (χ0) is 29.2. The molecule has 1 amide bonds. The van der Waals surface area contributed by atoms with Crippen LogP contribution in [-0.2, 0) is 27.8 Å². The number of amides is 1. The van der Waals surface area contributed by atoms with Crippen molar-refractivity contribution in [1.82, 2.24) is 14.6 Å². The number of aromatic nitrogens is 1. The van der Waals surface area contributed by atoms with E-state index in [1.54, 1.807) is 7.11 Å². The quantitative estimate of drug-likeness (QED) is 0.207. The minimum atomic E-state index is -3.59. The van der Waals surface area contributed by atoms with Crippen molar-refractivity contribution in [2.24, 2.45) is 5.92 Å². The molecule has 1 aliphatic heterocycles. The fourth-order valence-electron chi connectivity index (χ4n) is 6.21. The van der Waals surface area contributed by atoms with E-state index in [9.17, 15) is 18.0 Å². The average molecular weight is 588 g/mol. The van der Waals surface area contributed by atoms with Crippen molar-refractivity contribution in [3.05, 3.63) is 47.2 Å². The van der Waals surface area contributed by atoms with Crippen molar-refractivity contribution in [2.45, 2.75) is 102 Å². The molecule has 1 saturated heterocycles. The Hall–Kier alpha value is -2.72. The van der Waals surface area contributed by atoms with E-state index in [1.807, 2.05) is 22.9 Å². The van der Waals surface area contributed by atoms with E-state index >= 15 is 0 Å². The molecule has 1 aromatic heterocycles. The van der Waals surface area contributed by atoms with Gasteiger partial charge in [-0.05, 0) is 61.4 Å². The van der Waals surface area contributed by atoms with Crippen LogP contribution >= 0.6 is 0 Å². The summed E-state index contributed by atoms with van der Waals surface area (Å²) in [5.41, 5.74) is 2.37. The van der Waals surface area contributed by atoms with E-state index in [2.05, 4.69) is 9.88 Å². The van der Waals surface area contributed by atoms with E-state index in [0.29, 0.717) is 36.7 Å². The summed E-state index contributed by atoms with van der Waals surface area (Å²) in [5, 5.41) is 0. The van der Waals surface area contributed by atoms with Crippen molar-refractivity contribution in [2.75, 3.05) is 19.9 Å². The number of methoxy groups -OCH3 is 1. The third-order valence-corrected chi connectivity index (χ3v) is 9.00. The smallest absolute Gasteiger partial charge is 0.233 e. The lowest BCUT2D eigenvalue weighted by Crippen LogP contribution is -2.29. The second kappa shape index (κ2) is 15.0. The molecule has 9 nitrogen and oxygen atoms in total. The van der Waals surface area contributed by atoms with E-state index in [0.717, 1.165) is 55.5 Å². The van der Waals surface area contributed by atoms with Gasteiger partial charge in [0.15, 0.2) is 5.78 Å². The summed E-state index contributed by atoms with van der Waals surface area (Å²) in [6, 6.07) is 5.68. The molecule has 1 aromatic carbocycles. The number of carbonyl (C=O) groups is 2. The van der Waals surface area contributed by atoms with Gasteiger partial charge >= 0.3 is 0 Å². The molecule has 1 saturated carbocycles. The van der Waals surface area contributed by atoms with Crippen LogP contribution in [0.15, 0.2) is 28.9 Å². The van der Waals surface area contributed by atoms with Gasteiger partial charge in [-0.2, -0.15) is 0 Å². The first kappa shape index (κ1) is 31.2. The molecule has 10 heteroatoms. The van der Waals surface area contributed by atoms with Crippen molar-refractivity contribution in [1.29, 1.82) is 0 Å². The van der Waals surface area contributed by atoms with Crippen LogP contribution in [0.4, 0.5) is 0 Å². The third-order valence-electron chi connectivity index (χ3n) is 8.40. The number of sulfonamides is 1. The number of nitrogens with zero attached hydrogens (tertiary/aromatic N) is 2. The highest BCUT2D eigenvalue weighted by molar-refractivity contribution is 7.89. The molecule has 2 aromatic rings. The van der Waals surface area contributed by atoms with Gasteiger partial charge in [0.05, 0.1) is 19.4 Å². The maximum atomic E-state index is 12.8. The average Bonchev–Trinajstić information content (AvgIpc) is 3.61. The number of hydrogen-bond donors (Lipinski definition) is 1. The van der Waals surface area contributed by atoms with Gasteiger partial charge in [0.1, 0.15) is 17.7 Å². The number of rotatable bonds is 15. The Labute approximate surface area is 244 Å². The Morgan fingerprint density at radius 3 is 2.61 bits per heavy atom. The molecule has 226 valence electrons. The molecule has 1 N–H and O–H groups in total. The summed E-state index contributed by atoms with van der Waals surface area (Å²) in [7, 11) is -1.98. The van der Waals surface area contributed by atoms with Gasteiger partial charge in [-0.15, -0.1) is 0 Å². The van der Waals surface area contributed by atoms with Crippen molar-refractivity contribution < 1.29 is 27.2 Å². The number of oxazole rings is 1. The van der Waals surface area contributed by atoms with Crippen LogP contribution < -0.4 is 9.46 Å². The molecular weight excluding hydrogens is 542 g/mol. The minimum absolute atomic E-state index is 0.0420. The van der Waals surface area contributed by atoms with Gasteiger partial charge in [-0.1, -0.05) is 57.4 Å². The van der Waals surface area contributed by atoms with Gasteiger partial charge in [0, 0.05) is 19.4 Å². The molecule has 4 rings (SSSR count). The Balaban J connectivity index is 1.32. The number of hydrogen-bond acceptors (Lipinski definition) is 8. The lowest BCUT2D eigenvalue weighted by atomic mass is 9.85. The number of Topliss-reactive ketones (excluding diaryl/α,β-unsaturated/α-hetero) is 1. The first-order valence-electron chi connectivity index (χ1n) is 15.1. The van der Waals surface area contributed by atoms with Gasteiger partial charge in [0.2, 0.25) is 21.8 Å². The van der Waals surface area contributed by atoms with E-state index in [4.69, 9.17) is 9.15 Å². The predicted molar refractivity (Wildman–Crippen MR) is 157 cm³/mol. The van der Waals surface area contributed by atoms with Crippen LogP contribution in [0.25, 0.3) is 0 Å². The van der Waals surface area contributed by atoms with Gasteiger partial charge in [0.25, 0.3) is 0 Å². The van der Waals surface area contributed by atoms with Crippen LogP contribution in [0.5, 0.6) is 5.75 Å². The maximum absolute atomic E-state index is 12.8. The Kier molecular flexibility index (Phi) is 11.4. The monoisotopic (exact) mass is 587 g/mol. The van der Waals surface area contributed by atoms with Gasteiger partial charge in [-0.25, -0.2) is 13.4 Å². The van der Waals surface area contributed by atoms with Crippen molar-refractivity contribution in [3.8, 4) is 5.75 Å². The molecular formula is C31H45N3O6S. The minimum Gasteiger partial charge on any atom is -0.497 e. The number of ketones is 1. The molecule has 0 spiro atoms. The summed E-state index contributed by atoms with van der Waals surface area (Å²) in [4.78, 5) is 31.8. The SMILES string of the molecule is COc1ccc(CCC(=O)NS(C)(=O)=O)c(CN2CCC[C@H]2c2nc(C(=O)CCCCCC3CCCCC3)co2)c1. The van der Waals surface area contributed by atoms with Crippen LogP contribution in [0, 0.1) is 5.92 Å². The fraction of sp³-hybridized carbons (Fsp3) is 0.645. The number of nitrogens with one attached hydrogen (secondary N) is 1. The van der Waals surface area contributed by atoms with E-state index < -0.39 is 15.9 Å².